The van der Waals surface area contributed by atoms with Crippen molar-refractivity contribution in [2.24, 2.45) is 0 Å². The molecular weight excluding hydrogens is 246 g/mol. The van der Waals surface area contributed by atoms with Gasteiger partial charge in [-0.3, -0.25) is 0 Å². The van der Waals surface area contributed by atoms with Crippen LogP contribution < -0.4 is 10.1 Å². The third-order valence-corrected chi connectivity index (χ3v) is 4.25. The minimum absolute atomic E-state index is 0.104. The molecule has 1 saturated carbocycles. The average Bonchev–Trinajstić information content (AvgIpc) is 2.43. The van der Waals surface area contributed by atoms with Crippen LogP contribution in [0.2, 0.25) is 0 Å². The molecule has 1 aliphatic carbocycles. The molecule has 0 radical (unpaired) electrons. The average molecular weight is 275 g/mol. The highest BCUT2D eigenvalue weighted by atomic mass is 16.5. The van der Waals surface area contributed by atoms with E-state index in [2.05, 4.69) is 43.4 Å². The Balaban J connectivity index is 1.85. The summed E-state index contributed by atoms with van der Waals surface area (Å²) in [5.74, 6) is 1.04. The fourth-order valence-electron chi connectivity index (χ4n) is 2.86. The monoisotopic (exact) mass is 275 g/mol. The van der Waals surface area contributed by atoms with Gasteiger partial charge in [-0.2, -0.15) is 0 Å². The van der Waals surface area contributed by atoms with Gasteiger partial charge in [0.05, 0.1) is 0 Å². The second kappa shape index (κ2) is 7.68. The van der Waals surface area contributed by atoms with Gasteiger partial charge in [0.15, 0.2) is 0 Å². The number of hydrogen-bond donors (Lipinski definition) is 1. The van der Waals surface area contributed by atoms with E-state index < -0.39 is 0 Å². The molecular formula is C18H29NO. The molecule has 0 aliphatic heterocycles. The zero-order chi connectivity index (χ0) is 14.3. The molecule has 0 heterocycles. The maximum atomic E-state index is 6.31. The van der Waals surface area contributed by atoms with Crippen molar-refractivity contribution in [3.05, 3.63) is 29.8 Å². The Morgan fingerprint density at radius 1 is 1.05 bits per heavy atom. The van der Waals surface area contributed by atoms with Crippen molar-refractivity contribution in [2.75, 3.05) is 13.1 Å². The molecule has 0 unspecified atom stereocenters. The maximum absolute atomic E-state index is 6.31. The standard InChI is InChI=1S/C18H29NO/c1-3-6-16-7-9-17(10-8-16)20-18(11-5-12-18)13-15-19-14-4-2/h7-10,19H,3-6,11-15H2,1-2H3. The molecule has 20 heavy (non-hydrogen) atoms. The first-order chi connectivity index (χ1) is 9.78. The SMILES string of the molecule is CCCNCCC1(Oc2ccc(CCC)cc2)CCC1. The predicted octanol–water partition coefficient (Wildman–Crippen LogP) is 4.33. The summed E-state index contributed by atoms with van der Waals surface area (Å²) in [6, 6.07) is 8.70. The molecule has 0 saturated heterocycles. The van der Waals surface area contributed by atoms with Crippen molar-refractivity contribution in [3.8, 4) is 5.75 Å². The van der Waals surface area contributed by atoms with Crippen LogP contribution in [0.3, 0.4) is 0 Å². The van der Waals surface area contributed by atoms with Crippen LogP contribution in [0.15, 0.2) is 24.3 Å². The molecule has 112 valence electrons. The van der Waals surface area contributed by atoms with Crippen LogP contribution in [0.5, 0.6) is 5.75 Å². The largest absolute Gasteiger partial charge is 0.487 e. The first-order valence-corrected chi connectivity index (χ1v) is 8.27. The minimum atomic E-state index is 0.104. The summed E-state index contributed by atoms with van der Waals surface area (Å²) in [4.78, 5) is 0. The third kappa shape index (κ3) is 4.24. The van der Waals surface area contributed by atoms with E-state index in [9.17, 15) is 0 Å². The summed E-state index contributed by atoms with van der Waals surface area (Å²) >= 11 is 0. The highest BCUT2D eigenvalue weighted by Gasteiger charge is 2.38. The number of nitrogens with one attached hydrogen (secondary N) is 1. The Bertz CT molecular complexity index is 381. The summed E-state index contributed by atoms with van der Waals surface area (Å²) in [6.45, 7) is 6.61. The van der Waals surface area contributed by atoms with Gasteiger partial charge < -0.3 is 10.1 Å². The lowest BCUT2D eigenvalue weighted by Crippen LogP contribution is -2.45. The van der Waals surface area contributed by atoms with Crippen molar-refractivity contribution < 1.29 is 4.74 Å². The first kappa shape index (κ1) is 15.4. The topological polar surface area (TPSA) is 21.3 Å². The molecule has 1 fully saturated rings. The fraction of sp³-hybridized carbons (Fsp3) is 0.667. The van der Waals surface area contributed by atoms with E-state index in [4.69, 9.17) is 4.74 Å². The van der Waals surface area contributed by atoms with Crippen LogP contribution in [-0.4, -0.2) is 18.7 Å². The molecule has 2 nitrogen and oxygen atoms in total. The van der Waals surface area contributed by atoms with Gasteiger partial charge >= 0.3 is 0 Å². The van der Waals surface area contributed by atoms with Crippen LogP contribution in [0, 0.1) is 0 Å². The van der Waals surface area contributed by atoms with E-state index in [1.165, 1.54) is 37.7 Å². The van der Waals surface area contributed by atoms with Gasteiger partial charge in [-0.25, -0.2) is 0 Å². The molecule has 0 bridgehead atoms. The Morgan fingerprint density at radius 3 is 2.35 bits per heavy atom. The molecule has 0 atom stereocenters. The third-order valence-electron chi connectivity index (χ3n) is 4.25. The lowest BCUT2D eigenvalue weighted by Gasteiger charge is -2.42. The van der Waals surface area contributed by atoms with E-state index in [1.54, 1.807) is 0 Å². The Hall–Kier alpha value is -1.02. The molecule has 0 amide bonds. The molecule has 1 aromatic carbocycles. The second-order valence-corrected chi connectivity index (χ2v) is 6.03. The number of aryl methyl sites for hydroxylation is 1. The van der Waals surface area contributed by atoms with E-state index in [0.717, 1.165) is 31.7 Å². The molecule has 0 spiro atoms. The normalized spacial score (nSPS) is 16.7. The zero-order valence-corrected chi connectivity index (χ0v) is 13.1. The minimum Gasteiger partial charge on any atom is -0.487 e. The molecule has 1 aliphatic rings. The van der Waals surface area contributed by atoms with E-state index in [-0.39, 0.29) is 5.60 Å². The van der Waals surface area contributed by atoms with Crippen LogP contribution in [0.4, 0.5) is 0 Å². The number of ether oxygens (including phenoxy) is 1. The van der Waals surface area contributed by atoms with Gasteiger partial charge in [0.25, 0.3) is 0 Å². The maximum Gasteiger partial charge on any atom is 0.120 e. The summed E-state index contributed by atoms with van der Waals surface area (Å²) < 4.78 is 6.31. The lowest BCUT2D eigenvalue weighted by molar-refractivity contribution is -0.0142. The van der Waals surface area contributed by atoms with Gasteiger partial charge in [-0.15, -0.1) is 0 Å². The second-order valence-electron chi connectivity index (χ2n) is 6.03. The van der Waals surface area contributed by atoms with Crippen molar-refractivity contribution in [2.45, 2.75) is 64.4 Å². The van der Waals surface area contributed by atoms with Gasteiger partial charge in [0.1, 0.15) is 11.4 Å². The Labute approximate surface area is 123 Å². The van der Waals surface area contributed by atoms with Gasteiger partial charge in [0, 0.05) is 0 Å². The Morgan fingerprint density at radius 2 is 1.80 bits per heavy atom. The summed E-state index contributed by atoms with van der Waals surface area (Å²) in [5.41, 5.74) is 1.51. The molecule has 1 N–H and O–H groups in total. The molecule has 1 aromatic rings. The van der Waals surface area contributed by atoms with Crippen LogP contribution in [0.1, 0.15) is 57.9 Å². The fourth-order valence-corrected chi connectivity index (χ4v) is 2.86. The number of hydrogen-bond acceptors (Lipinski definition) is 2. The van der Waals surface area contributed by atoms with Crippen LogP contribution in [0.25, 0.3) is 0 Å². The van der Waals surface area contributed by atoms with Gasteiger partial charge in [-0.1, -0.05) is 32.4 Å². The van der Waals surface area contributed by atoms with Crippen LogP contribution >= 0.6 is 0 Å². The predicted molar refractivity (Wildman–Crippen MR) is 85.4 cm³/mol. The molecule has 2 heteroatoms. The number of rotatable bonds is 9. The van der Waals surface area contributed by atoms with Crippen molar-refractivity contribution >= 4 is 0 Å². The number of benzene rings is 1. The van der Waals surface area contributed by atoms with E-state index >= 15 is 0 Å². The van der Waals surface area contributed by atoms with E-state index in [0.29, 0.717) is 0 Å². The zero-order valence-electron chi connectivity index (χ0n) is 13.1. The summed E-state index contributed by atoms with van der Waals surface area (Å²) in [5, 5.41) is 3.49. The Kier molecular flexibility index (Phi) is 5.90. The van der Waals surface area contributed by atoms with Crippen molar-refractivity contribution in [1.82, 2.24) is 5.32 Å². The van der Waals surface area contributed by atoms with Crippen LogP contribution in [-0.2, 0) is 6.42 Å². The smallest absolute Gasteiger partial charge is 0.120 e. The van der Waals surface area contributed by atoms with Gasteiger partial charge in [0.2, 0.25) is 0 Å². The molecule has 0 aromatic heterocycles. The summed E-state index contributed by atoms with van der Waals surface area (Å²) in [6.07, 6.45) is 8.41. The highest BCUT2D eigenvalue weighted by molar-refractivity contribution is 5.28. The lowest BCUT2D eigenvalue weighted by atomic mass is 9.77. The first-order valence-electron chi connectivity index (χ1n) is 8.27. The van der Waals surface area contributed by atoms with E-state index in [1.807, 2.05) is 0 Å². The highest BCUT2D eigenvalue weighted by Crippen LogP contribution is 2.39. The molecule has 2 rings (SSSR count). The quantitative estimate of drug-likeness (QED) is 0.677. The summed E-state index contributed by atoms with van der Waals surface area (Å²) in [7, 11) is 0. The van der Waals surface area contributed by atoms with Crippen molar-refractivity contribution in [3.63, 3.8) is 0 Å². The van der Waals surface area contributed by atoms with Crippen molar-refractivity contribution in [1.29, 1.82) is 0 Å². The van der Waals surface area contributed by atoms with Gasteiger partial charge in [-0.05, 0) is 69.3 Å².